The van der Waals surface area contributed by atoms with Gasteiger partial charge in [-0.3, -0.25) is 0 Å². The molecule has 1 aromatic heterocycles. The van der Waals surface area contributed by atoms with Gasteiger partial charge in [0, 0.05) is 19.7 Å². The van der Waals surface area contributed by atoms with Crippen LogP contribution in [0.3, 0.4) is 0 Å². The van der Waals surface area contributed by atoms with E-state index < -0.39 is 10.0 Å². The van der Waals surface area contributed by atoms with E-state index in [4.69, 9.17) is 9.52 Å². The van der Waals surface area contributed by atoms with E-state index in [1.54, 1.807) is 7.05 Å². The van der Waals surface area contributed by atoms with Gasteiger partial charge in [-0.2, -0.15) is 0 Å². The molecule has 0 radical (unpaired) electrons. The summed E-state index contributed by atoms with van der Waals surface area (Å²) in [4.78, 5) is 0.0607. The van der Waals surface area contributed by atoms with Gasteiger partial charge in [-0.15, -0.1) is 0 Å². The van der Waals surface area contributed by atoms with Gasteiger partial charge in [0.2, 0.25) is 10.0 Å². The van der Waals surface area contributed by atoms with Crippen molar-refractivity contribution in [2.24, 2.45) is 0 Å². The maximum atomic E-state index is 12.2. The van der Waals surface area contributed by atoms with Crippen molar-refractivity contribution < 1.29 is 17.9 Å². The van der Waals surface area contributed by atoms with Crippen LogP contribution in [0.25, 0.3) is 0 Å². The first-order valence-corrected chi connectivity index (χ1v) is 8.02. The lowest BCUT2D eigenvalue weighted by atomic mass is 10.2. The molecule has 7 heteroatoms. The zero-order valence-electron chi connectivity index (χ0n) is 10.5. The Morgan fingerprint density at radius 3 is 2.61 bits per heavy atom. The van der Waals surface area contributed by atoms with Crippen molar-refractivity contribution in [1.82, 2.24) is 4.31 Å². The molecule has 0 bridgehead atoms. The van der Waals surface area contributed by atoms with E-state index in [2.05, 4.69) is 22.9 Å². The first-order chi connectivity index (χ1) is 8.43. The molecule has 1 heterocycles. The molecule has 1 N–H and O–H groups in total. The quantitative estimate of drug-likeness (QED) is 0.774. The van der Waals surface area contributed by atoms with Gasteiger partial charge in [0.1, 0.15) is 17.3 Å². The van der Waals surface area contributed by atoms with Crippen LogP contribution in [-0.4, -0.2) is 31.4 Å². The highest BCUT2D eigenvalue weighted by Crippen LogP contribution is 2.28. The molecule has 0 aliphatic rings. The van der Waals surface area contributed by atoms with E-state index in [9.17, 15) is 8.42 Å². The van der Waals surface area contributed by atoms with E-state index in [0.717, 1.165) is 19.3 Å². The second kappa shape index (κ2) is 6.70. The Morgan fingerprint density at radius 2 is 2.11 bits per heavy atom. The van der Waals surface area contributed by atoms with Gasteiger partial charge in [0.05, 0.1) is 0 Å². The number of furan rings is 1. The molecule has 0 fully saturated rings. The van der Waals surface area contributed by atoms with Crippen LogP contribution in [0.1, 0.15) is 31.9 Å². The predicted octanol–water partition coefficient (Wildman–Crippen LogP) is 2.35. The number of nitrogens with zero attached hydrogens (tertiary/aromatic N) is 1. The first-order valence-electron chi connectivity index (χ1n) is 5.78. The Labute approximate surface area is 116 Å². The number of aliphatic hydroxyl groups excluding tert-OH is 1. The van der Waals surface area contributed by atoms with E-state index in [1.807, 2.05) is 0 Å². The smallest absolute Gasteiger partial charge is 0.247 e. The van der Waals surface area contributed by atoms with Gasteiger partial charge in [0.15, 0.2) is 4.67 Å². The average Bonchev–Trinajstić information content (AvgIpc) is 2.71. The molecule has 0 aromatic carbocycles. The van der Waals surface area contributed by atoms with E-state index >= 15 is 0 Å². The van der Waals surface area contributed by atoms with Gasteiger partial charge in [0.25, 0.3) is 0 Å². The highest BCUT2D eigenvalue weighted by molar-refractivity contribution is 9.10. The van der Waals surface area contributed by atoms with Crippen molar-refractivity contribution in [3.8, 4) is 0 Å². The number of aliphatic hydroxyl groups is 1. The monoisotopic (exact) mass is 339 g/mol. The van der Waals surface area contributed by atoms with Gasteiger partial charge in [-0.1, -0.05) is 19.8 Å². The molecule has 0 atom stereocenters. The predicted molar refractivity (Wildman–Crippen MR) is 71.7 cm³/mol. The molecule has 0 unspecified atom stereocenters. The van der Waals surface area contributed by atoms with Crippen LogP contribution in [0.4, 0.5) is 0 Å². The zero-order chi connectivity index (χ0) is 13.8. The summed E-state index contributed by atoms with van der Waals surface area (Å²) in [6.07, 6.45) is 2.86. The maximum absolute atomic E-state index is 12.2. The second-order valence-corrected chi connectivity index (χ2v) is 6.78. The standard InChI is InChI=1S/C11H18BrNO4S/c1-3-4-5-6-13(2)18(15,16)10-7-9(8-14)17-11(10)12/h7,14H,3-6,8H2,1-2H3. The number of hydrogen-bond donors (Lipinski definition) is 1. The van der Waals surface area contributed by atoms with E-state index in [0.29, 0.717) is 6.54 Å². The fourth-order valence-electron chi connectivity index (χ4n) is 1.52. The molecule has 1 rings (SSSR count). The minimum atomic E-state index is -3.56. The lowest BCUT2D eigenvalue weighted by molar-refractivity contribution is 0.245. The molecule has 1 aromatic rings. The summed E-state index contributed by atoms with van der Waals surface area (Å²) in [5.41, 5.74) is 0. The molecule has 0 saturated carbocycles. The third kappa shape index (κ3) is 3.57. The Balaban J connectivity index is 2.87. The molecule has 0 aliphatic carbocycles. The number of sulfonamides is 1. The Morgan fingerprint density at radius 1 is 1.44 bits per heavy atom. The van der Waals surface area contributed by atoms with Crippen molar-refractivity contribution in [2.75, 3.05) is 13.6 Å². The molecule has 0 saturated heterocycles. The first kappa shape index (κ1) is 15.7. The van der Waals surface area contributed by atoms with E-state index in [-0.39, 0.29) is 21.9 Å². The fraction of sp³-hybridized carbons (Fsp3) is 0.636. The molecule has 104 valence electrons. The van der Waals surface area contributed by atoms with Gasteiger partial charge in [-0.25, -0.2) is 12.7 Å². The molecule has 0 spiro atoms. The summed E-state index contributed by atoms with van der Waals surface area (Å²) in [6.45, 7) is 2.21. The largest absolute Gasteiger partial charge is 0.450 e. The second-order valence-electron chi connectivity index (χ2n) is 4.04. The summed E-state index contributed by atoms with van der Waals surface area (Å²) in [6, 6.07) is 1.34. The van der Waals surface area contributed by atoms with E-state index in [1.165, 1.54) is 10.4 Å². The van der Waals surface area contributed by atoms with Crippen LogP contribution in [-0.2, 0) is 16.6 Å². The highest BCUT2D eigenvalue weighted by Gasteiger charge is 2.26. The summed E-state index contributed by atoms with van der Waals surface area (Å²) in [5, 5.41) is 8.93. The highest BCUT2D eigenvalue weighted by atomic mass is 79.9. The SMILES string of the molecule is CCCCCN(C)S(=O)(=O)c1cc(CO)oc1Br. The summed E-state index contributed by atoms with van der Waals surface area (Å²) in [5.74, 6) is 0.224. The molecular weight excluding hydrogens is 322 g/mol. The third-order valence-corrected chi connectivity index (χ3v) is 5.34. The Kier molecular flexibility index (Phi) is 5.84. The van der Waals surface area contributed by atoms with Gasteiger partial charge < -0.3 is 9.52 Å². The fourth-order valence-corrected chi connectivity index (χ4v) is 3.69. The van der Waals surface area contributed by atoms with Crippen LogP contribution >= 0.6 is 15.9 Å². The van der Waals surface area contributed by atoms with Crippen LogP contribution in [0, 0.1) is 0 Å². The van der Waals surface area contributed by atoms with Gasteiger partial charge >= 0.3 is 0 Å². The number of hydrogen-bond acceptors (Lipinski definition) is 4. The van der Waals surface area contributed by atoms with Crippen molar-refractivity contribution >= 4 is 26.0 Å². The molecule has 18 heavy (non-hydrogen) atoms. The number of unbranched alkanes of at least 4 members (excludes halogenated alkanes) is 2. The zero-order valence-corrected chi connectivity index (χ0v) is 12.9. The van der Waals surface area contributed by atoms with Crippen LogP contribution in [0.15, 0.2) is 20.0 Å². The Hall–Kier alpha value is -0.370. The molecule has 0 aliphatic heterocycles. The van der Waals surface area contributed by atoms with Crippen LogP contribution in [0.2, 0.25) is 0 Å². The minimum absolute atomic E-state index is 0.0607. The Bertz CT molecular complexity index is 483. The average molecular weight is 340 g/mol. The van der Waals surface area contributed by atoms with Crippen molar-refractivity contribution in [2.45, 2.75) is 37.7 Å². The minimum Gasteiger partial charge on any atom is -0.450 e. The van der Waals surface area contributed by atoms with Crippen molar-refractivity contribution in [3.63, 3.8) is 0 Å². The number of halogens is 1. The van der Waals surface area contributed by atoms with Crippen molar-refractivity contribution in [1.29, 1.82) is 0 Å². The summed E-state index contributed by atoms with van der Waals surface area (Å²) < 4.78 is 31.0. The summed E-state index contributed by atoms with van der Waals surface area (Å²) >= 11 is 3.06. The normalized spacial score (nSPS) is 12.3. The summed E-state index contributed by atoms with van der Waals surface area (Å²) in [7, 11) is -2.01. The molecule has 0 amide bonds. The maximum Gasteiger partial charge on any atom is 0.247 e. The van der Waals surface area contributed by atoms with Crippen LogP contribution in [0.5, 0.6) is 0 Å². The van der Waals surface area contributed by atoms with Gasteiger partial charge in [-0.05, 0) is 22.4 Å². The topological polar surface area (TPSA) is 70.8 Å². The molecular formula is C11H18BrNO4S. The lowest BCUT2D eigenvalue weighted by Gasteiger charge is -2.15. The van der Waals surface area contributed by atoms with Crippen LogP contribution < -0.4 is 0 Å². The van der Waals surface area contributed by atoms with Crippen molar-refractivity contribution in [3.05, 3.63) is 16.5 Å². The lowest BCUT2D eigenvalue weighted by Crippen LogP contribution is -2.27. The molecule has 5 nitrogen and oxygen atoms in total. The third-order valence-electron chi connectivity index (χ3n) is 2.63. The number of rotatable bonds is 7.